The molecule has 0 bridgehead atoms. The number of aliphatic hydroxyl groups excluding tert-OH is 1. The van der Waals surface area contributed by atoms with Crippen molar-refractivity contribution in [2.45, 2.75) is 182 Å². The van der Waals surface area contributed by atoms with Crippen molar-refractivity contribution in [3.63, 3.8) is 0 Å². The summed E-state index contributed by atoms with van der Waals surface area (Å²) in [5, 5.41) is 20.4. The predicted molar refractivity (Wildman–Crippen MR) is 228 cm³/mol. The number of rotatable bonds is 23. The molecule has 1 aromatic rings. The molecule has 9 heteroatoms. The van der Waals surface area contributed by atoms with Crippen molar-refractivity contribution in [1.29, 1.82) is 0 Å². The number of aromatic nitrogens is 1. The first-order valence-electron chi connectivity index (χ1n) is 19.8. The van der Waals surface area contributed by atoms with E-state index >= 15 is 4.79 Å². The van der Waals surface area contributed by atoms with Crippen LogP contribution >= 0.6 is 0 Å². The molecule has 0 radical (unpaired) electrons. The van der Waals surface area contributed by atoms with Gasteiger partial charge in [-0.2, -0.15) is 0 Å². The summed E-state index contributed by atoms with van der Waals surface area (Å²) in [5.41, 5.74) is 2.01. The predicted octanol–water partition coefficient (Wildman–Crippen LogP) is 11.8. The van der Waals surface area contributed by atoms with Crippen LogP contribution in [0.5, 0.6) is 0 Å². The van der Waals surface area contributed by atoms with E-state index in [2.05, 4.69) is 99.2 Å². The molecule has 0 spiro atoms. The number of nitrogens with zero attached hydrogens (tertiary/aromatic N) is 1. The van der Waals surface area contributed by atoms with E-state index in [-0.39, 0.29) is 40.7 Å². The smallest absolute Gasteiger partial charge is 0.303 e. The fraction of sp³-hybridized carbons (Fsp3) is 0.705. The molecule has 1 heterocycles. The van der Waals surface area contributed by atoms with Crippen molar-refractivity contribution in [3.8, 4) is 0 Å². The van der Waals surface area contributed by atoms with Crippen LogP contribution in [0, 0.1) is 17.3 Å². The highest BCUT2D eigenvalue weighted by molar-refractivity contribution is 6.74. The minimum Gasteiger partial charge on any atom is -0.481 e. The number of hydrogen-bond donors (Lipinski definition) is 2. The normalized spacial score (nSPS) is 16.8. The number of hydrogen-bond acceptors (Lipinski definition) is 6. The lowest BCUT2D eigenvalue weighted by atomic mass is 9.71. The van der Waals surface area contributed by atoms with Gasteiger partial charge in [-0.25, -0.2) is 0 Å². The van der Waals surface area contributed by atoms with E-state index in [1.165, 1.54) is 5.57 Å². The quantitative estimate of drug-likeness (QED) is 0.0843. The van der Waals surface area contributed by atoms with E-state index in [4.69, 9.17) is 8.85 Å². The summed E-state index contributed by atoms with van der Waals surface area (Å²) in [6.45, 7) is 36.2. The first-order valence-corrected chi connectivity index (χ1v) is 25.6. The number of aliphatic carboxylic acids is 1. The van der Waals surface area contributed by atoms with Crippen LogP contribution in [-0.4, -0.2) is 61.9 Å². The standard InChI is InChI=1S/C44H77NO6Si2/c1-17-18-25-36(41(49)44(11,12)38(28-29-39(47)48)50-52(13,14)42(5,6)7)40(51-53(15,16)43(8,9)10)33(3)23-21-22-32(2)26-27-37(46)34(4)31-35-24-19-20-30-45-35/h17,19-20,24,26,30-31,33,36-38,40,46H,1,18,21-23,25,27-29H2,2-16H3,(H,47,48)/b32-26-,34-31+/t33-,36-,37+,38+,40+/m1/s1. The molecule has 0 aliphatic rings. The van der Waals surface area contributed by atoms with Gasteiger partial charge >= 0.3 is 5.97 Å². The molecule has 53 heavy (non-hydrogen) atoms. The summed E-state index contributed by atoms with van der Waals surface area (Å²) >= 11 is 0. The number of ketones is 1. The molecule has 0 aliphatic carbocycles. The first-order chi connectivity index (χ1) is 24.2. The van der Waals surface area contributed by atoms with E-state index in [1.807, 2.05) is 51.1 Å². The minimum atomic E-state index is -2.35. The second-order valence-electron chi connectivity index (χ2n) is 19.0. The monoisotopic (exact) mass is 772 g/mol. The van der Waals surface area contributed by atoms with Crippen LogP contribution in [0.1, 0.15) is 133 Å². The third kappa shape index (κ3) is 15.5. The Morgan fingerprint density at radius 3 is 2.00 bits per heavy atom. The first kappa shape index (κ1) is 48.8. The highest BCUT2D eigenvalue weighted by Gasteiger charge is 2.50. The summed E-state index contributed by atoms with van der Waals surface area (Å²) < 4.78 is 14.2. The Bertz CT molecular complexity index is 1370. The maximum Gasteiger partial charge on any atom is 0.303 e. The van der Waals surface area contributed by atoms with Crippen molar-refractivity contribution in [2.75, 3.05) is 0 Å². The van der Waals surface area contributed by atoms with Crippen molar-refractivity contribution in [3.05, 3.63) is 60.0 Å². The number of carboxylic acids is 1. The maximum atomic E-state index is 15.1. The maximum absolute atomic E-state index is 15.1. The van der Waals surface area contributed by atoms with Gasteiger partial charge in [0.1, 0.15) is 5.78 Å². The summed E-state index contributed by atoms with van der Waals surface area (Å²) in [7, 11) is -4.66. The topological polar surface area (TPSA) is 106 Å². The van der Waals surface area contributed by atoms with Crippen LogP contribution in [0.2, 0.25) is 36.3 Å². The minimum absolute atomic E-state index is 0.0503. The van der Waals surface area contributed by atoms with E-state index in [1.54, 1.807) is 6.20 Å². The Morgan fingerprint density at radius 2 is 1.49 bits per heavy atom. The summed E-state index contributed by atoms with van der Waals surface area (Å²) in [4.78, 5) is 31.3. The number of carbonyl (C=O) groups excluding carboxylic acids is 1. The molecule has 0 saturated carbocycles. The Balaban J connectivity index is 3.42. The van der Waals surface area contributed by atoms with Crippen molar-refractivity contribution >= 4 is 34.5 Å². The number of allylic oxidation sites excluding steroid dienone is 2. The van der Waals surface area contributed by atoms with Gasteiger partial charge in [-0.3, -0.25) is 14.6 Å². The van der Waals surface area contributed by atoms with Crippen molar-refractivity contribution in [1.82, 2.24) is 4.98 Å². The second kappa shape index (κ2) is 20.7. The molecule has 0 aromatic carbocycles. The molecule has 0 unspecified atom stereocenters. The molecule has 1 aromatic heterocycles. The number of carboxylic acid groups (broad SMARTS) is 1. The number of aliphatic hydroxyl groups is 1. The molecule has 0 amide bonds. The van der Waals surface area contributed by atoms with Gasteiger partial charge in [0.2, 0.25) is 0 Å². The van der Waals surface area contributed by atoms with E-state index in [0.717, 1.165) is 30.5 Å². The molecule has 5 atom stereocenters. The van der Waals surface area contributed by atoms with Gasteiger partial charge in [-0.15, -0.1) is 6.58 Å². The zero-order valence-electron chi connectivity index (χ0n) is 36.3. The van der Waals surface area contributed by atoms with Gasteiger partial charge in [-0.05, 0) is 125 Å². The fourth-order valence-electron chi connectivity index (χ4n) is 6.10. The van der Waals surface area contributed by atoms with Gasteiger partial charge in [0.25, 0.3) is 0 Å². The SMILES string of the molecule is C=CCC[C@@H](C(=O)C(C)(C)[C@H](CCC(=O)O)O[Si](C)(C)C(C)(C)C)[C@@H](O[Si](C)(C)C(C)(C)C)[C@H](C)CCC/C(C)=C\C[C@H](O)/C(C)=C/c1ccccn1. The van der Waals surface area contributed by atoms with Crippen LogP contribution in [0.3, 0.4) is 0 Å². The molecule has 1 rings (SSSR count). The third-order valence-corrected chi connectivity index (χ3v) is 21.0. The average molecular weight is 772 g/mol. The summed E-state index contributed by atoms with van der Waals surface area (Å²) in [5.74, 6) is -1.10. The Kier molecular flexibility index (Phi) is 19.0. The molecule has 0 saturated heterocycles. The molecule has 0 fully saturated rings. The zero-order valence-corrected chi connectivity index (χ0v) is 38.3. The Morgan fingerprint density at radius 1 is 0.906 bits per heavy atom. The Hall–Kier alpha value is -2.18. The van der Waals surface area contributed by atoms with Crippen LogP contribution < -0.4 is 0 Å². The van der Waals surface area contributed by atoms with Crippen molar-refractivity contribution in [2.24, 2.45) is 17.3 Å². The summed E-state index contributed by atoms with van der Waals surface area (Å²) in [6.07, 6.45) is 11.0. The van der Waals surface area contributed by atoms with Crippen LogP contribution in [-0.2, 0) is 18.4 Å². The molecular weight excluding hydrogens is 695 g/mol. The van der Waals surface area contributed by atoms with Gasteiger partial charge in [0, 0.05) is 24.0 Å². The molecule has 7 nitrogen and oxygen atoms in total. The van der Waals surface area contributed by atoms with Gasteiger partial charge in [0.15, 0.2) is 16.6 Å². The second-order valence-corrected chi connectivity index (χ2v) is 28.5. The van der Waals surface area contributed by atoms with Crippen LogP contribution in [0.25, 0.3) is 6.08 Å². The van der Waals surface area contributed by atoms with Crippen molar-refractivity contribution < 1.29 is 28.7 Å². The van der Waals surface area contributed by atoms with Gasteiger partial charge in [-0.1, -0.05) is 86.1 Å². The molecule has 0 aliphatic heterocycles. The van der Waals surface area contributed by atoms with Crippen LogP contribution in [0.15, 0.2) is 54.3 Å². The highest BCUT2D eigenvalue weighted by atomic mass is 28.4. The fourth-order valence-corrected chi connectivity index (χ4v) is 9.01. The molecule has 2 N–H and O–H groups in total. The lowest BCUT2D eigenvalue weighted by molar-refractivity contribution is -0.144. The molecular formula is C44H77NO6Si2. The largest absolute Gasteiger partial charge is 0.481 e. The molecule has 302 valence electrons. The highest BCUT2D eigenvalue weighted by Crippen LogP contribution is 2.45. The number of Topliss-reactive ketones (excluding diaryl/α,β-unsaturated/α-hetero) is 1. The van der Waals surface area contributed by atoms with E-state index in [9.17, 15) is 15.0 Å². The average Bonchev–Trinajstić information content (AvgIpc) is 3.03. The third-order valence-electron chi connectivity index (χ3n) is 12.0. The Labute approximate surface area is 326 Å². The van der Waals surface area contributed by atoms with E-state index in [0.29, 0.717) is 19.3 Å². The van der Waals surface area contributed by atoms with E-state index < -0.39 is 46.1 Å². The number of carbonyl (C=O) groups is 2. The lowest BCUT2D eigenvalue weighted by Crippen LogP contribution is -2.54. The number of pyridine rings is 1. The zero-order chi connectivity index (χ0) is 41.0. The van der Waals surface area contributed by atoms with Gasteiger partial charge < -0.3 is 19.1 Å². The van der Waals surface area contributed by atoms with Crippen LogP contribution in [0.4, 0.5) is 0 Å². The lowest BCUT2D eigenvalue weighted by Gasteiger charge is -2.47. The summed E-state index contributed by atoms with van der Waals surface area (Å²) in [6, 6.07) is 5.75. The van der Waals surface area contributed by atoms with Gasteiger partial charge in [0.05, 0.1) is 24.0 Å².